The van der Waals surface area contributed by atoms with Crippen molar-refractivity contribution in [2.24, 2.45) is 5.41 Å². The predicted molar refractivity (Wildman–Crippen MR) is 88.3 cm³/mol. The fourth-order valence-corrected chi connectivity index (χ4v) is 2.99. The Balaban J connectivity index is 2.08. The first kappa shape index (κ1) is 17.6. The number of benzene rings is 1. The molecule has 1 aliphatic rings. The van der Waals surface area contributed by atoms with E-state index in [1.165, 1.54) is 0 Å². The van der Waals surface area contributed by atoms with Gasteiger partial charge in [-0.05, 0) is 44.1 Å². The molecule has 1 fully saturated rings. The smallest absolute Gasteiger partial charge is 0.255 e. The highest BCUT2D eigenvalue weighted by molar-refractivity contribution is 5.97. The molecule has 0 saturated carbocycles. The molecule has 6 heteroatoms. The highest BCUT2D eigenvalue weighted by Crippen LogP contribution is 2.29. The number of piperidine rings is 1. The van der Waals surface area contributed by atoms with Crippen LogP contribution in [0.1, 0.15) is 23.2 Å². The second-order valence-electron chi connectivity index (χ2n) is 5.93. The molecular weight excluding hydrogens is 296 g/mol. The third kappa shape index (κ3) is 4.36. The summed E-state index contributed by atoms with van der Waals surface area (Å²) in [5.41, 5.74) is 0.468. The van der Waals surface area contributed by atoms with Gasteiger partial charge >= 0.3 is 0 Å². The standard InChI is InChI=1S/C17H26N2O4/c1-21-12-17(6-8-18-9-7-17)11-19-16(20)14-10-13(22-2)4-5-15(14)23-3/h4-5,10,18H,6-9,11-12H2,1-3H3,(H,19,20). The molecule has 2 N–H and O–H groups in total. The summed E-state index contributed by atoms with van der Waals surface area (Å²) in [5, 5.41) is 6.38. The van der Waals surface area contributed by atoms with Crippen LogP contribution in [-0.2, 0) is 4.74 Å². The normalized spacial score (nSPS) is 16.7. The van der Waals surface area contributed by atoms with Gasteiger partial charge in [0.05, 0.1) is 26.4 Å². The number of rotatable bonds is 7. The quantitative estimate of drug-likeness (QED) is 0.795. The van der Waals surface area contributed by atoms with E-state index in [2.05, 4.69) is 10.6 Å². The number of hydrogen-bond acceptors (Lipinski definition) is 5. The zero-order valence-corrected chi connectivity index (χ0v) is 14.1. The molecule has 6 nitrogen and oxygen atoms in total. The maximum absolute atomic E-state index is 12.6. The number of nitrogens with one attached hydrogen (secondary N) is 2. The van der Waals surface area contributed by atoms with Gasteiger partial charge in [-0.1, -0.05) is 0 Å². The van der Waals surface area contributed by atoms with Crippen molar-refractivity contribution in [1.82, 2.24) is 10.6 Å². The summed E-state index contributed by atoms with van der Waals surface area (Å²) in [5.74, 6) is 1.01. The van der Waals surface area contributed by atoms with Crippen molar-refractivity contribution >= 4 is 5.91 Å². The third-order valence-corrected chi connectivity index (χ3v) is 4.39. The van der Waals surface area contributed by atoms with Gasteiger partial charge in [0.1, 0.15) is 11.5 Å². The molecule has 1 aromatic rings. The van der Waals surface area contributed by atoms with Gasteiger partial charge in [0.15, 0.2) is 0 Å². The van der Waals surface area contributed by atoms with E-state index in [0.717, 1.165) is 25.9 Å². The number of carbonyl (C=O) groups excluding carboxylic acids is 1. The monoisotopic (exact) mass is 322 g/mol. The second kappa shape index (κ2) is 8.17. The molecule has 0 aliphatic carbocycles. The third-order valence-electron chi connectivity index (χ3n) is 4.39. The van der Waals surface area contributed by atoms with Crippen molar-refractivity contribution in [3.05, 3.63) is 23.8 Å². The molecule has 1 heterocycles. The molecule has 1 aliphatic heterocycles. The van der Waals surface area contributed by atoms with Gasteiger partial charge in [-0.25, -0.2) is 0 Å². The summed E-state index contributed by atoms with van der Waals surface area (Å²) in [6.07, 6.45) is 1.97. The Morgan fingerprint density at radius 3 is 2.57 bits per heavy atom. The first-order valence-corrected chi connectivity index (χ1v) is 7.84. The van der Waals surface area contributed by atoms with Gasteiger partial charge < -0.3 is 24.8 Å². The van der Waals surface area contributed by atoms with Crippen molar-refractivity contribution < 1.29 is 19.0 Å². The average molecular weight is 322 g/mol. The van der Waals surface area contributed by atoms with Crippen molar-refractivity contribution in [2.45, 2.75) is 12.8 Å². The highest BCUT2D eigenvalue weighted by Gasteiger charge is 2.32. The van der Waals surface area contributed by atoms with Crippen LogP contribution in [0.2, 0.25) is 0 Å². The van der Waals surface area contributed by atoms with Crippen molar-refractivity contribution in [3.63, 3.8) is 0 Å². The van der Waals surface area contributed by atoms with Gasteiger partial charge in [0.25, 0.3) is 5.91 Å². The fraction of sp³-hybridized carbons (Fsp3) is 0.588. The molecule has 1 saturated heterocycles. The molecule has 0 atom stereocenters. The summed E-state index contributed by atoms with van der Waals surface area (Å²) in [7, 11) is 4.83. The zero-order chi connectivity index (χ0) is 16.7. The molecule has 0 unspecified atom stereocenters. The average Bonchev–Trinajstić information content (AvgIpc) is 2.60. The van der Waals surface area contributed by atoms with Crippen LogP contribution in [0.3, 0.4) is 0 Å². The second-order valence-corrected chi connectivity index (χ2v) is 5.93. The molecule has 2 rings (SSSR count). The maximum atomic E-state index is 12.6. The van der Waals surface area contributed by atoms with Crippen molar-refractivity contribution in [2.75, 3.05) is 47.6 Å². The van der Waals surface area contributed by atoms with E-state index in [4.69, 9.17) is 14.2 Å². The van der Waals surface area contributed by atoms with E-state index in [-0.39, 0.29) is 11.3 Å². The Morgan fingerprint density at radius 1 is 1.22 bits per heavy atom. The Hall–Kier alpha value is -1.79. The van der Waals surface area contributed by atoms with Crippen LogP contribution < -0.4 is 20.1 Å². The fourth-order valence-electron chi connectivity index (χ4n) is 2.99. The van der Waals surface area contributed by atoms with Crippen LogP contribution in [0.15, 0.2) is 18.2 Å². The van der Waals surface area contributed by atoms with E-state index >= 15 is 0 Å². The first-order valence-electron chi connectivity index (χ1n) is 7.84. The Labute approximate surface area is 137 Å². The minimum atomic E-state index is -0.158. The number of methoxy groups -OCH3 is 3. The van der Waals surface area contributed by atoms with Crippen LogP contribution in [-0.4, -0.2) is 53.5 Å². The SMILES string of the molecule is COCC1(CNC(=O)c2cc(OC)ccc2OC)CCNCC1. The largest absolute Gasteiger partial charge is 0.497 e. The van der Waals surface area contributed by atoms with Crippen LogP contribution in [0.25, 0.3) is 0 Å². The Bertz CT molecular complexity index is 522. The summed E-state index contributed by atoms with van der Waals surface area (Å²) in [4.78, 5) is 12.6. The van der Waals surface area contributed by atoms with E-state index in [0.29, 0.717) is 30.2 Å². The molecule has 1 aromatic carbocycles. The summed E-state index contributed by atoms with van der Waals surface area (Å²) >= 11 is 0. The summed E-state index contributed by atoms with van der Waals surface area (Å²) < 4.78 is 15.9. The number of ether oxygens (including phenoxy) is 3. The summed E-state index contributed by atoms with van der Waals surface area (Å²) in [6.45, 7) is 3.12. The van der Waals surface area contributed by atoms with Crippen LogP contribution in [0, 0.1) is 5.41 Å². The Morgan fingerprint density at radius 2 is 1.96 bits per heavy atom. The molecule has 1 amide bonds. The van der Waals surface area contributed by atoms with Crippen LogP contribution in [0.4, 0.5) is 0 Å². The van der Waals surface area contributed by atoms with Crippen molar-refractivity contribution in [1.29, 1.82) is 0 Å². The molecule has 23 heavy (non-hydrogen) atoms. The van der Waals surface area contributed by atoms with E-state index < -0.39 is 0 Å². The van der Waals surface area contributed by atoms with Gasteiger partial charge in [-0.15, -0.1) is 0 Å². The molecule has 0 spiro atoms. The lowest BCUT2D eigenvalue weighted by atomic mass is 9.79. The Kier molecular flexibility index (Phi) is 6.24. The molecule has 0 bridgehead atoms. The highest BCUT2D eigenvalue weighted by atomic mass is 16.5. The summed E-state index contributed by atoms with van der Waals surface area (Å²) in [6, 6.07) is 5.21. The minimum absolute atomic E-state index is 0.0121. The van der Waals surface area contributed by atoms with Gasteiger partial charge in [-0.2, -0.15) is 0 Å². The van der Waals surface area contributed by atoms with E-state index in [9.17, 15) is 4.79 Å². The number of carbonyl (C=O) groups is 1. The molecule has 0 radical (unpaired) electrons. The molecular formula is C17H26N2O4. The number of hydrogen-bond donors (Lipinski definition) is 2. The van der Waals surface area contributed by atoms with Gasteiger partial charge in [-0.3, -0.25) is 4.79 Å². The first-order chi connectivity index (χ1) is 11.1. The van der Waals surface area contributed by atoms with Gasteiger partial charge in [0.2, 0.25) is 0 Å². The lowest BCUT2D eigenvalue weighted by molar-refractivity contribution is 0.0511. The predicted octanol–water partition coefficient (Wildman–Crippen LogP) is 1.45. The lowest BCUT2D eigenvalue weighted by Gasteiger charge is -2.37. The van der Waals surface area contributed by atoms with E-state index in [1.807, 2.05) is 0 Å². The van der Waals surface area contributed by atoms with Crippen molar-refractivity contribution in [3.8, 4) is 11.5 Å². The molecule has 128 valence electrons. The zero-order valence-electron chi connectivity index (χ0n) is 14.1. The van der Waals surface area contributed by atoms with Gasteiger partial charge in [0, 0.05) is 19.1 Å². The topological polar surface area (TPSA) is 68.8 Å². The number of amides is 1. The maximum Gasteiger partial charge on any atom is 0.255 e. The van der Waals surface area contributed by atoms with Crippen LogP contribution in [0.5, 0.6) is 11.5 Å². The van der Waals surface area contributed by atoms with E-state index in [1.54, 1.807) is 39.5 Å². The lowest BCUT2D eigenvalue weighted by Crippen LogP contribution is -2.47. The van der Waals surface area contributed by atoms with Crippen LogP contribution >= 0.6 is 0 Å². The minimum Gasteiger partial charge on any atom is -0.497 e. The molecule has 0 aromatic heterocycles.